The summed E-state index contributed by atoms with van der Waals surface area (Å²) >= 11 is 3.35. The number of hydrogen-bond donors (Lipinski definition) is 1. The number of nitrogens with one attached hydrogen (secondary N) is 1. The summed E-state index contributed by atoms with van der Waals surface area (Å²) in [5, 5.41) is 3.29. The van der Waals surface area contributed by atoms with E-state index in [2.05, 4.69) is 21.2 Å². The van der Waals surface area contributed by atoms with Crippen LogP contribution >= 0.6 is 15.9 Å². The third-order valence-corrected chi connectivity index (χ3v) is 3.17. The van der Waals surface area contributed by atoms with Crippen molar-refractivity contribution < 1.29 is 9.13 Å². The highest BCUT2D eigenvalue weighted by atomic mass is 79.9. The molecule has 0 aromatic heterocycles. The van der Waals surface area contributed by atoms with Crippen LogP contribution < -0.4 is 5.32 Å². The molecular weight excluding hydrogens is 261 g/mol. The summed E-state index contributed by atoms with van der Waals surface area (Å²) < 4.78 is 20.0. The number of rotatable bonds is 1. The van der Waals surface area contributed by atoms with Crippen LogP contribution in [0.4, 0.5) is 4.39 Å². The van der Waals surface area contributed by atoms with Gasteiger partial charge in [0.05, 0.1) is 18.8 Å². The van der Waals surface area contributed by atoms with Crippen molar-refractivity contribution in [3.8, 4) is 0 Å². The summed E-state index contributed by atoms with van der Waals surface area (Å²) in [6, 6.07) is 4.98. The van der Waals surface area contributed by atoms with E-state index in [9.17, 15) is 4.39 Å². The molecule has 1 saturated heterocycles. The van der Waals surface area contributed by atoms with Gasteiger partial charge in [0.2, 0.25) is 0 Å². The Morgan fingerprint density at radius 1 is 1.53 bits per heavy atom. The molecule has 1 aliphatic heterocycles. The summed E-state index contributed by atoms with van der Waals surface area (Å²) in [6.45, 7) is 3.89. The van der Waals surface area contributed by atoms with E-state index in [-0.39, 0.29) is 5.82 Å². The van der Waals surface area contributed by atoms with Crippen molar-refractivity contribution in [1.29, 1.82) is 0 Å². The maximum Gasteiger partial charge on any atom is 0.128 e. The normalized spacial score (nSPS) is 26.6. The molecule has 15 heavy (non-hydrogen) atoms. The number of halogens is 2. The number of morpholine rings is 1. The van der Waals surface area contributed by atoms with E-state index in [0.717, 1.165) is 11.0 Å². The van der Waals surface area contributed by atoms with Crippen molar-refractivity contribution in [2.45, 2.75) is 12.5 Å². The van der Waals surface area contributed by atoms with Gasteiger partial charge in [0.1, 0.15) is 5.82 Å². The lowest BCUT2D eigenvalue weighted by Crippen LogP contribution is -2.49. The molecule has 0 bridgehead atoms. The minimum atomic E-state index is -0.424. The molecule has 1 heterocycles. The van der Waals surface area contributed by atoms with Gasteiger partial charge in [0.25, 0.3) is 0 Å². The predicted octanol–water partition coefficient (Wildman–Crippen LogP) is 2.42. The first-order valence-corrected chi connectivity index (χ1v) is 5.69. The number of benzene rings is 1. The zero-order valence-corrected chi connectivity index (χ0v) is 10.1. The van der Waals surface area contributed by atoms with Crippen molar-refractivity contribution in [3.05, 3.63) is 34.1 Å². The lowest BCUT2D eigenvalue weighted by molar-refractivity contribution is 0.0323. The highest BCUT2D eigenvalue weighted by Crippen LogP contribution is 2.28. The van der Waals surface area contributed by atoms with Gasteiger partial charge in [-0.3, -0.25) is 0 Å². The molecule has 0 saturated carbocycles. The van der Waals surface area contributed by atoms with Gasteiger partial charge in [-0.1, -0.05) is 15.9 Å². The summed E-state index contributed by atoms with van der Waals surface area (Å²) in [5.74, 6) is -0.196. The molecule has 0 amide bonds. The molecule has 82 valence electrons. The summed E-state index contributed by atoms with van der Waals surface area (Å²) in [4.78, 5) is 0. The highest BCUT2D eigenvalue weighted by molar-refractivity contribution is 9.10. The minimum absolute atomic E-state index is 0.196. The Balaban J connectivity index is 2.38. The molecule has 0 unspecified atom stereocenters. The number of ether oxygens (including phenoxy) is 1. The van der Waals surface area contributed by atoms with Crippen molar-refractivity contribution in [2.24, 2.45) is 0 Å². The molecule has 4 heteroatoms. The van der Waals surface area contributed by atoms with E-state index in [1.54, 1.807) is 12.1 Å². The maximum absolute atomic E-state index is 13.7. The monoisotopic (exact) mass is 273 g/mol. The lowest BCUT2D eigenvalue weighted by Gasteiger charge is -2.35. The second-order valence-corrected chi connectivity index (χ2v) is 4.85. The van der Waals surface area contributed by atoms with Crippen molar-refractivity contribution in [3.63, 3.8) is 0 Å². The van der Waals surface area contributed by atoms with E-state index < -0.39 is 5.54 Å². The van der Waals surface area contributed by atoms with Crippen molar-refractivity contribution >= 4 is 15.9 Å². The minimum Gasteiger partial charge on any atom is -0.378 e. The van der Waals surface area contributed by atoms with E-state index in [1.165, 1.54) is 6.07 Å². The quantitative estimate of drug-likeness (QED) is 0.849. The van der Waals surface area contributed by atoms with Crippen LogP contribution in [0.15, 0.2) is 22.7 Å². The van der Waals surface area contributed by atoms with Crippen LogP contribution in [0.1, 0.15) is 12.5 Å². The standard InChI is InChI=1S/C11H13BrFNO/c1-11(7-15-5-4-14-11)9-6-8(12)2-3-10(9)13/h2-3,6,14H,4-5,7H2,1H3/t11-/m0/s1. The van der Waals surface area contributed by atoms with Crippen LogP contribution in [0.2, 0.25) is 0 Å². The zero-order chi connectivity index (χ0) is 10.9. The molecule has 2 nitrogen and oxygen atoms in total. The fraction of sp³-hybridized carbons (Fsp3) is 0.455. The van der Waals surface area contributed by atoms with Gasteiger partial charge in [-0.05, 0) is 25.1 Å². The van der Waals surface area contributed by atoms with Crippen LogP contribution in [0.3, 0.4) is 0 Å². The second kappa shape index (κ2) is 4.20. The van der Waals surface area contributed by atoms with E-state index in [1.807, 2.05) is 6.92 Å². The van der Waals surface area contributed by atoms with Crippen molar-refractivity contribution in [2.75, 3.05) is 19.8 Å². The van der Waals surface area contributed by atoms with Gasteiger partial charge in [-0.2, -0.15) is 0 Å². The van der Waals surface area contributed by atoms with Gasteiger partial charge >= 0.3 is 0 Å². The molecule has 2 rings (SSSR count). The largest absolute Gasteiger partial charge is 0.378 e. The van der Waals surface area contributed by atoms with E-state index in [0.29, 0.717) is 18.8 Å². The fourth-order valence-corrected chi connectivity index (χ4v) is 2.18. The molecule has 1 fully saturated rings. The molecule has 0 aliphatic carbocycles. The van der Waals surface area contributed by atoms with Gasteiger partial charge in [0, 0.05) is 16.6 Å². The third kappa shape index (κ3) is 2.22. The summed E-state index contributed by atoms with van der Waals surface area (Å²) in [5.41, 5.74) is 0.225. The molecule has 0 spiro atoms. The smallest absolute Gasteiger partial charge is 0.128 e. The van der Waals surface area contributed by atoms with E-state index in [4.69, 9.17) is 4.74 Å². The Hall–Kier alpha value is -0.450. The summed E-state index contributed by atoms with van der Waals surface area (Å²) in [6.07, 6.45) is 0. The molecule has 1 N–H and O–H groups in total. The average Bonchev–Trinajstić information content (AvgIpc) is 2.23. The molecule has 1 aliphatic rings. The molecule has 1 atom stereocenters. The molecule has 1 aromatic carbocycles. The Morgan fingerprint density at radius 3 is 3.00 bits per heavy atom. The highest BCUT2D eigenvalue weighted by Gasteiger charge is 2.31. The van der Waals surface area contributed by atoms with Crippen LogP contribution in [-0.2, 0) is 10.3 Å². The number of hydrogen-bond acceptors (Lipinski definition) is 2. The predicted molar refractivity (Wildman–Crippen MR) is 60.3 cm³/mol. The first-order chi connectivity index (χ1) is 7.12. The first kappa shape index (κ1) is 11.0. The molecular formula is C11H13BrFNO. The van der Waals surface area contributed by atoms with Gasteiger partial charge < -0.3 is 10.1 Å². The topological polar surface area (TPSA) is 21.3 Å². The van der Waals surface area contributed by atoms with Gasteiger partial charge in [-0.25, -0.2) is 4.39 Å². The van der Waals surface area contributed by atoms with Crippen LogP contribution in [0, 0.1) is 5.82 Å². The second-order valence-electron chi connectivity index (χ2n) is 3.94. The Morgan fingerprint density at radius 2 is 2.33 bits per heavy atom. The van der Waals surface area contributed by atoms with Gasteiger partial charge in [0.15, 0.2) is 0 Å². The average molecular weight is 274 g/mol. The van der Waals surface area contributed by atoms with Crippen LogP contribution in [0.25, 0.3) is 0 Å². The van der Waals surface area contributed by atoms with Gasteiger partial charge in [-0.15, -0.1) is 0 Å². The zero-order valence-electron chi connectivity index (χ0n) is 8.52. The Labute approximate surface area is 96.9 Å². The fourth-order valence-electron chi connectivity index (χ4n) is 1.82. The first-order valence-electron chi connectivity index (χ1n) is 4.90. The maximum atomic E-state index is 13.7. The SMILES string of the molecule is C[C@@]1(c2cc(Br)ccc2F)COCCN1. The molecule has 1 aromatic rings. The lowest BCUT2D eigenvalue weighted by atomic mass is 9.91. The third-order valence-electron chi connectivity index (χ3n) is 2.68. The Bertz CT molecular complexity index is 364. The van der Waals surface area contributed by atoms with Crippen LogP contribution in [-0.4, -0.2) is 19.8 Å². The molecule has 0 radical (unpaired) electrons. The van der Waals surface area contributed by atoms with Crippen LogP contribution in [0.5, 0.6) is 0 Å². The van der Waals surface area contributed by atoms with E-state index >= 15 is 0 Å². The summed E-state index contributed by atoms with van der Waals surface area (Å²) in [7, 11) is 0. The Kier molecular flexibility index (Phi) is 3.09. The van der Waals surface area contributed by atoms with Crippen molar-refractivity contribution in [1.82, 2.24) is 5.32 Å².